The van der Waals surface area contributed by atoms with Crippen molar-refractivity contribution in [2.24, 2.45) is 16.5 Å². The number of hydrogen-bond acceptors (Lipinski definition) is 3. The fourth-order valence-corrected chi connectivity index (χ4v) is 0.579. The Labute approximate surface area is 98.7 Å². The molecular weight excluding hydrogens is 234 g/mol. The Kier molecular flexibility index (Phi) is 10.1. The van der Waals surface area contributed by atoms with Crippen LogP contribution in [-0.4, -0.2) is 28.7 Å². The summed E-state index contributed by atoms with van der Waals surface area (Å²) in [6.07, 6.45) is 2.31. The number of hydrogen-bond donors (Lipinski definition) is 2. The Hall–Kier alpha value is -1.81. The molecule has 0 bridgehead atoms. The summed E-state index contributed by atoms with van der Waals surface area (Å²) in [5.74, 6) is 0. The number of alkyl halides is 1. The van der Waals surface area contributed by atoms with Gasteiger partial charge in [0.05, 0.1) is 0 Å². The summed E-state index contributed by atoms with van der Waals surface area (Å²) < 4.78 is 0. The molecule has 0 unspecified atom stereocenters. The number of urea groups is 2. The van der Waals surface area contributed by atoms with Crippen LogP contribution in [0.25, 0.3) is 0 Å². The van der Waals surface area contributed by atoms with E-state index in [1.807, 2.05) is 6.92 Å². The predicted octanol–water partition coefficient (Wildman–Crippen LogP) is 0.980. The summed E-state index contributed by atoms with van der Waals surface area (Å²) in [5, 5.41) is 8.38. The van der Waals surface area contributed by atoms with Crippen LogP contribution in [-0.2, 0) is 0 Å². The minimum Gasteiger partial charge on any atom is -0.352 e. The maximum Gasteiger partial charge on any atom is 0.357 e. The van der Waals surface area contributed by atoms with Gasteiger partial charge in [0.15, 0.2) is 6.19 Å². The molecular formula is C8H14ClN5O2. The number of carbonyl (C=O) groups is 2. The van der Waals surface area contributed by atoms with Gasteiger partial charge in [0, 0.05) is 5.71 Å². The van der Waals surface area contributed by atoms with E-state index >= 15 is 0 Å². The molecule has 0 radical (unpaired) electrons. The second kappa shape index (κ2) is 9.73. The summed E-state index contributed by atoms with van der Waals surface area (Å²) in [6.45, 7) is 3.60. The molecule has 0 rings (SSSR count). The van der Waals surface area contributed by atoms with E-state index in [1.54, 1.807) is 13.1 Å². The third-order valence-electron chi connectivity index (χ3n) is 1.27. The molecule has 0 aromatic carbocycles. The van der Waals surface area contributed by atoms with Crippen molar-refractivity contribution in [3.8, 4) is 6.19 Å². The normalized spacial score (nSPS) is 9.50. The van der Waals surface area contributed by atoms with Gasteiger partial charge >= 0.3 is 12.1 Å². The molecule has 0 atom stereocenters. The van der Waals surface area contributed by atoms with Crippen molar-refractivity contribution in [2.45, 2.75) is 20.3 Å². The molecule has 0 aliphatic carbocycles. The van der Waals surface area contributed by atoms with Crippen LogP contribution in [0.3, 0.4) is 0 Å². The number of halogens is 1. The Balaban J connectivity index is 0. The summed E-state index contributed by atoms with van der Waals surface area (Å²) in [4.78, 5) is 24.4. The van der Waals surface area contributed by atoms with Gasteiger partial charge in [0.2, 0.25) is 0 Å². The van der Waals surface area contributed by atoms with Gasteiger partial charge in [-0.15, -0.1) is 11.6 Å². The van der Waals surface area contributed by atoms with Crippen molar-refractivity contribution in [1.29, 1.82) is 5.26 Å². The largest absolute Gasteiger partial charge is 0.357 e. The first-order valence-electron chi connectivity index (χ1n) is 4.25. The second-order valence-corrected chi connectivity index (χ2v) is 2.77. The van der Waals surface area contributed by atoms with Gasteiger partial charge < -0.3 is 11.5 Å². The van der Waals surface area contributed by atoms with E-state index < -0.39 is 12.1 Å². The highest BCUT2D eigenvalue weighted by Crippen LogP contribution is 1.95. The van der Waals surface area contributed by atoms with Crippen molar-refractivity contribution in [3.63, 3.8) is 0 Å². The van der Waals surface area contributed by atoms with Gasteiger partial charge in [-0.3, -0.25) is 0 Å². The number of primary amides is 2. The van der Waals surface area contributed by atoms with Crippen molar-refractivity contribution in [3.05, 3.63) is 0 Å². The van der Waals surface area contributed by atoms with Crippen LogP contribution in [0.15, 0.2) is 4.99 Å². The van der Waals surface area contributed by atoms with Crippen LogP contribution < -0.4 is 11.5 Å². The lowest BCUT2D eigenvalue weighted by Gasteiger charge is -2.04. The van der Waals surface area contributed by atoms with Crippen LogP contribution in [0, 0.1) is 11.5 Å². The maximum atomic E-state index is 11.0. The lowest BCUT2D eigenvalue weighted by Crippen LogP contribution is -2.22. The molecule has 0 saturated carbocycles. The number of nitrogens with two attached hydrogens (primary N) is 2. The molecule has 0 aliphatic rings. The van der Waals surface area contributed by atoms with E-state index in [-0.39, 0.29) is 6.00 Å². The minimum absolute atomic E-state index is 0.157. The molecule has 16 heavy (non-hydrogen) atoms. The monoisotopic (exact) mass is 247 g/mol. The van der Waals surface area contributed by atoms with E-state index in [2.05, 4.69) is 16.5 Å². The lowest BCUT2D eigenvalue weighted by molar-refractivity contribution is 0.232. The highest BCUT2D eigenvalue weighted by Gasteiger charge is 2.09. The quantitative estimate of drug-likeness (QED) is 0.248. The minimum atomic E-state index is -0.833. The SMILES string of the molecule is CCC(C)=NC(=O)N(C#N)CCl.NC(N)=O. The van der Waals surface area contributed by atoms with Gasteiger partial charge in [0.1, 0.15) is 6.00 Å². The standard InChI is InChI=1S/C7H10ClN3O.CH4N2O/c1-3-6(2)10-7(12)11(4-8)5-9;2-1(3)4/h3-4H2,1-2H3;(H4,2,3,4). The van der Waals surface area contributed by atoms with Gasteiger partial charge in [-0.1, -0.05) is 6.92 Å². The molecule has 0 aromatic heterocycles. The van der Waals surface area contributed by atoms with E-state index in [4.69, 9.17) is 21.7 Å². The molecule has 90 valence electrons. The van der Waals surface area contributed by atoms with Crippen molar-refractivity contribution >= 4 is 29.4 Å². The van der Waals surface area contributed by atoms with Crippen molar-refractivity contribution < 1.29 is 9.59 Å². The van der Waals surface area contributed by atoms with E-state index in [0.29, 0.717) is 12.1 Å². The molecule has 4 amide bonds. The van der Waals surface area contributed by atoms with E-state index in [0.717, 1.165) is 4.90 Å². The first kappa shape index (κ1) is 16.6. The Bertz CT molecular complexity index is 306. The molecule has 4 N–H and O–H groups in total. The van der Waals surface area contributed by atoms with Crippen LogP contribution in [0.4, 0.5) is 9.59 Å². The van der Waals surface area contributed by atoms with E-state index in [1.165, 1.54) is 0 Å². The first-order valence-corrected chi connectivity index (χ1v) is 4.78. The van der Waals surface area contributed by atoms with Gasteiger partial charge in [0.25, 0.3) is 0 Å². The Morgan fingerprint density at radius 3 is 2.19 bits per heavy atom. The van der Waals surface area contributed by atoms with Crippen LogP contribution in [0.5, 0.6) is 0 Å². The Morgan fingerprint density at radius 2 is 1.94 bits per heavy atom. The molecule has 8 heteroatoms. The number of nitrogens with zero attached hydrogens (tertiary/aromatic N) is 3. The molecule has 0 fully saturated rings. The molecule has 0 aliphatic heterocycles. The fourth-order valence-electron chi connectivity index (χ4n) is 0.423. The Morgan fingerprint density at radius 1 is 1.50 bits per heavy atom. The zero-order valence-electron chi connectivity index (χ0n) is 9.11. The number of rotatable bonds is 2. The summed E-state index contributed by atoms with van der Waals surface area (Å²) in [5.41, 5.74) is 9.19. The molecule has 0 saturated heterocycles. The third kappa shape index (κ3) is 10.3. The first-order chi connectivity index (χ1) is 7.38. The number of carbonyl (C=O) groups excluding carboxylic acids is 2. The van der Waals surface area contributed by atoms with Crippen LogP contribution in [0.1, 0.15) is 20.3 Å². The zero-order chi connectivity index (χ0) is 13.1. The number of amides is 4. The zero-order valence-corrected chi connectivity index (χ0v) is 9.86. The summed E-state index contributed by atoms with van der Waals surface area (Å²) in [6, 6.07) is -1.60. The van der Waals surface area contributed by atoms with Crippen molar-refractivity contribution in [1.82, 2.24) is 4.90 Å². The van der Waals surface area contributed by atoms with Gasteiger partial charge in [-0.05, 0) is 13.3 Å². The molecule has 0 spiro atoms. The van der Waals surface area contributed by atoms with Gasteiger partial charge in [-0.2, -0.15) is 5.26 Å². The smallest absolute Gasteiger partial charge is 0.352 e. The topological polar surface area (TPSA) is 126 Å². The maximum absolute atomic E-state index is 11.0. The number of aliphatic imine (C=N–C) groups is 1. The lowest BCUT2D eigenvalue weighted by atomic mass is 10.3. The fraction of sp³-hybridized carbons (Fsp3) is 0.500. The van der Waals surface area contributed by atoms with Crippen molar-refractivity contribution in [2.75, 3.05) is 6.00 Å². The summed E-state index contributed by atoms with van der Waals surface area (Å²) in [7, 11) is 0. The average Bonchev–Trinajstić information content (AvgIpc) is 2.18. The molecule has 0 heterocycles. The molecule has 0 aromatic rings. The second-order valence-electron chi connectivity index (χ2n) is 2.53. The predicted molar refractivity (Wildman–Crippen MR) is 60.7 cm³/mol. The summed E-state index contributed by atoms with van der Waals surface area (Å²) >= 11 is 5.30. The van der Waals surface area contributed by atoms with E-state index in [9.17, 15) is 4.79 Å². The third-order valence-corrected chi connectivity index (χ3v) is 1.51. The number of nitriles is 1. The van der Waals surface area contributed by atoms with Crippen LogP contribution in [0.2, 0.25) is 0 Å². The van der Waals surface area contributed by atoms with Crippen LogP contribution >= 0.6 is 11.6 Å². The van der Waals surface area contributed by atoms with Gasteiger partial charge in [-0.25, -0.2) is 19.5 Å². The average molecular weight is 248 g/mol. The molecule has 7 nitrogen and oxygen atoms in total. The highest BCUT2D eigenvalue weighted by atomic mass is 35.5. The highest BCUT2D eigenvalue weighted by molar-refractivity contribution is 6.18.